The fourth-order valence-electron chi connectivity index (χ4n) is 9.15. The molecule has 0 N–H and O–H groups in total. The first-order chi connectivity index (χ1) is 34.2. The summed E-state index contributed by atoms with van der Waals surface area (Å²) in [5.41, 5.74) is 19.4. The van der Waals surface area contributed by atoms with Gasteiger partial charge in [-0.1, -0.05) is 188 Å². The molecule has 0 atom stereocenters. The second kappa shape index (κ2) is 19.7. The van der Waals surface area contributed by atoms with Crippen molar-refractivity contribution in [3.05, 3.63) is 297 Å². The van der Waals surface area contributed by atoms with E-state index < -0.39 is 0 Å². The molecule has 0 amide bonds. The molecule has 0 bridgehead atoms. The van der Waals surface area contributed by atoms with Gasteiger partial charge < -0.3 is 14.7 Å². The van der Waals surface area contributed by atoms with Gasteiger partial charge in [-0.15, -0.1) is 0 Å². The molecule has 11 aromatic rings. The van der Waals surface area contributed by atoms with E-state index in [-0.39, 0.29) is 0 Å². The normalized spacial score (nSPS) is 10.9. The highest BCUT2D eigenvalue weighted by Gasteiger charge is 2.16. The van der Waals surface area contributed by atoms with Crippen LogP contribution in [-0.2, 0) is 0 Å². The van der Waals surface area contributed by atoms with Crippen LogP contribution in [0.2, 0.25) is 0 Å². The molecule has 0 radical (unpaired) electrons. The molecular formula is C66H49N3. The summed E-state index contributed by atoms with van der Waals surface area (Å²) in [6, 6.07) is 106. The molecule has 69 heavy (non-hydrogen) atoms. The Morgan fingerprint density at radius 3 is 0.435 bits per heavy atom. The second-order valence-corrected chi connectivity index (χ2v) is 17.0. The Morgan fingerprint density at radius 1 is 0.116 bits per heavy atom. The van der Waals surface area contributed by atoms with Crippen molar-refractivity contribution in [3.8, 4) is 44.5 Å². The summed E-state index contributed by atoms with van der Waals surface area (Å²) in [4.78, 5) is 6.92. The first kappa shape index (κ1) is 42.5. The average molecular weight is 884 g/mol. The quantitative estimate of drug-likeness (QED) is 0.114. The maximum atomic E-state index is 2.34. The van der Waals surface area contributed by atoms with E-state index in [1.807, 2.05) is 0 Å². The zero-order chi connectivity index (χ0) is 46.2. The summed E-state index contributed by atoms with van der Waals surface area (Å²) >= 11 is 0. The van der Waals surface area contributed by atoms with E-state index in [2.05, 4.69) is 312 Å². The number of benzene rings is 11. The molecular weight excluding hydrogens is 835 g/mol. The first-order valence-corrected chi connectivity index (χ1v) is 23.5. The summed E-state index contributed by atoms with van der Waals surface area (Å²) in [5.74, 6) is 0. The standard InChI is InChI=1S/C66H49N3/c1-6-16-50(17-7-1)53-30-40-64(41-31-53)69(66-48-38-57(39-49-66)56-36-44-63(45-37-56)68(60-22-12-4-13-23-60)61-24-14-5-15-25-61)65-46-34-55(35-47-65)52-28-26-51(27-29-52)54-32-42-62(43-33-54)67(58-18-8-2-9-19-58)59-20-10-3-11-21-59/h1-49H. The molecule has 0 aliphatic carbocycles. The van der Waals surface area contributed by atoms with Crippen LogP contribution in [0.5, 0.6) is 0 Å². The van der Waals surface area contributed by atoms with Crippen molar-refractivity contribution >= 4 is 51.2 Å². The van der Waals surface area contributed by atoms with Crippen molar-refractivity contribution < 1.29 is 0 Å². The van der Waals surface area contributed by atoms with Gasteiger partial charge in [0.2, 0.25) is 0 Å². The van der Waals surface area contributed by atoms with Crippen molar-refractivity contribution in [3.63, 3.8) is 0 Å². The predicted octanol–water partition coefficient (Wildman–Crippen LogP) is 18.8. The molecule has 0 aliphatic rings. The van der Waals surface area contributed by atoms with Crippen LogP contribution < -0.4 is 14.7 Å². The van der Waals surface area contributed by atoms with Gasteiger partial charge in [0.05, 0.1) is 0 Å². The third kappa shape index (κ3) is 9.31. The van der Waals surface area contributed by atoms with Crippen LogP contribution in [0.15, 0.2) is 297 Å². The Labute approximate surface area is 405 Å². The highest BCUT2D eigenvalue weighted by molar-refractivity contribution is 5.84. The molecule has 0 saturated heterocycles. The van der Waals surface area contributed by atoms with E-state index in [0.29, 0.717) is 0 Å². The molecule has 0 aromatic heterocycles. The number of hydrogen-bond donors (Lipinski definition) is 0. The number of rotatable bonds is 13. The molecule has 0 heterocycles. The zero-order valence-electron chi connectivity index (χ0n) is 38.1. The second-order valence-electron chi connectivity index (χ2n) is 17.0. The number of anilines is 9. The number of para-hydroxylation sites is 4. The van der Waals surface area contributed by atoms with Gasteiger partial charge in [0.1, 0.15) is 0 Å². The highest BCUT2D eigenvalue weighted by Crippen LogP contribution is 2.40. The summed E-state index contributed by atoms with van der Waals surface area (Å²) in [5, 5.41) is 0. The van der Waals surface area contributed by atoms with E-state index in [0.717, 1.165) is 62.3 Å². The lowest BCUT2D eigenvalue weighted by atomic mass is 9.99. The van der Waals surface area contributed by atoms with Crippen molar-refractivity contribution in [1.29, 1.82) is 0 Å². The maximum absolute atomic E-state index is 2.34. The minimum absolute atomic E-state index is 1.08. The Kier molecular flexibility index (Phi) is 12.1. The molecule has 0 saturated carbocycles. The largest absolute Gasteiger partial charge is 0.311 e. The number of hydrogen-bond acceptors (Lipinski definition) is 3. The van der Waals surface area contributed by atoms with Crippen LogP contribution in [0.1, 0.15) is 0 Å². The third-order valence-corrected chi connectivity index (χ3v) is 12.7. The molecule has 0 fully saturated rings. The molecule has 0 spiro atoms. The Balaban J connectivity index is 0.853. The Bertz CT molecular complexity index is 3260. The van der Waals surface area contributed by atoms with Gasteiger partial charge in [0, 0.05) is 51.2 Å². The highest BCUT2D eigenvalue weighted by atomic mass is 15.2. The van der Waals surface area contributed by atoms with E-state index in [9.17, 15) is 0 Å². The third-order valence-electron chi connectivity index (χ3n) is 12.7. The lowest BCUT2D eigenvalue weighted by molar-refractivity contribution is 1.28. The van der Waals surface area contributed by atoms with Crippen LogP contribution >= 0.6 is 0 Å². The van der Waals surface area contributed by atoms with Gasteiger partial charge >= 0.3 is 0 Å². The summed E-state index contributed by atoms with van der Waals surface area (Å²) in [6.07, 6.45) is 0. The molecule has 0 aliphatic heterocycles. The van der Waals surface area contributed by atoms with Gasteiger partial charge in [-0.3, -0.25) is 0 Å². The summed E-state index contributed by atoms with van der Waals surface area (Å²) in [7, 11) is 0. The Morgan fingerprint density at radius 2 is 0.246 bits per heavy atom. The van der Waals surface area contributed by atoms with E-state index in [1.54, 1.807) is 0 Å². The van der Waals surface area contributed by atoms with Gasteiger partial charge in [0.15, 0.2) is 0 Å². The van der Waals surface area contributed by atoms with Crippen molar-refractivity contribution in [2.45, 2.75) is 0 Å². The van der Waals surface area contributed by atoms with Gasteiger partial charge in [-0.05, 0) is 154 Å². The Hall–Kier alpha value is -9.18. The van der Waals surface area contributed by atoms with E-state index >= 15 is 0 Å². The van der Waals surface area contributed by atoms with Crippen molar-refractivity contribution in [2.75, 3.05) is 14.7 Å². The lowest BCUT2D eigenvalue weighted by Crippen LogP contribution is -2.10. The van der Waals surface area contributed by atoms with Crippen LogP contribution in [0, 0.1) is 0 Å². The maximum Gasteiger partial charge on any atom is 0.0462 e. The summed E-state index contributed by atoms with van der Waals surface area (Å²) in [6.45, 7) is 0. The fourth-order valence-corrected chi connectivity index (χ4v) is 9.15. The fraction of sp³-hybridized carbons (Fsp3) is 0. The molecule has 328 valence electrons. The minimum atomic E-state index is 1.08. The number of nitrogens with zero attached hydrogens (tertiary/aromatic N) is 3. The van der Waals surface area contributed by atoms with E-state index in [1.165, 1.54) is 33.4 Å². The van der Waals surface area contributed by atoms with Gasteiger partial charge in [0.25, 0.3) is 0 Å². The molecule has 3 nitrogen and oxygen atoms in total. The van der Waals surface area contributed by atoms with Gasteiger partial charge in [-0.25, -0.2) is 0 Å². The average Bonchev–Trinajstić information content (AvgIpc) is 3.44. The minimum Gasteiger partial charge on any atom is -0.311 e. The van der Waals surface area contributed by atoms with Crippen molar-refractivity contribution in [2.24, 2.45) is 0 Å². The molecule has 3 heteroatoms. The lowest BCUT2D eigenvalue weighted by Gasteiger charge is -2.26. The zero-order valence-corrected chi connectivity index (χ0v) is 38.1. The first-order valence-electron chi connectivity index (χ1n) is 23.5. The monoisotopic (exact) mass is 883 g/mol. The summed E-state index contributed by atoms with van der Waals surface area (Å²) < 4.78 is 0. The van der Waals surface area contributed by atoms with Crippen LogP contribution in [0.3, 0.4) is 0 Å². The molecule has 0 unspecified atom stereocenters. The van der Waals surface area contributed by atoms with Crippen LogP contribution in [-0.4, -0.2) is 0 Å². The molecule has 11 aromatic carbocycles. The van der Waals surface area contributed by atoms with E-state index in [4.69, 9.17) is 0 Å². The predicted molar refractivity (Wildman–Crippen MR) is 292 cm³/mol. The van der Waals surface area contributed by atoms with Crippen LogP contribution in [0.4, 0.5) is 51.2 Å². The van der Waals surface area contributed by atoms with Gasteiger partial charge in [-0.2, -0.15) is 0 Å². The SMILES string of the molecule is c1ccc(-c2ccc(N(c3ccc(-c4ccc(-c5ccc(N(c6ccccc6)c6ccccc6)cc5)cc4)cc3)c3ccc(-c4ccc(N(c5ccccc5)c5ccccc5)cc4)cc3)cc2)cc1. The molecule has 11 rings (SSSR count). The topological polar surface area (TPSA) is 9.72 Å². The smallest absolute Gasteiger partial charge is 0.0462 e. The van der Waals surface area contributed by atoms with Crippen LogP contribution in [0.25, 0.3) is 44.5 Å². The van der Waals surface area contributed by atoms with Crippen molar-refractivity contribution in [1.82, 2.24) is 0 Å².